The first-order valence-electron chi connectivity index (χ1n) is 11.5. The SMILES string of the molecule is CC1(CNS(=O)(=O)c2ccccc2)COC(c2nc(-c3ccc(P)cc3)c(-c3ccncc3)[nH]2)OC1. The number of benzene rings is 2. The third-order valence-electron chi connectivity index (χ3n) is 6.01. The molecule has 1 aliphatic rings. The van der Waals surface area contributed by atoms with Crippen LogP contribution < -0.4 is 10.0 Å². The van der Waals surface area contributed by atoms with Crippen molar-refractivity contribution >= 4 is 24.6 Å². The second kappa shape index (κ2) is 10.2. The molecule has 4 aromatic rings. The van der Waals surface area contributed by atoms with Gasteiger partial charge in [0.15, 0.2) is 5.82 Å². The van der Waals surface area contributed by atoms with E-state index in [9.17, 15) is 8.42 Å². The highest BCUT2D eigenvalue weighted by molar-refractivity contribution is 7.89. The molecule has 0 aliphatic carbocycles. The molecule has 2 aromatic heterocycles. The Bertz CT molecular complexity index is 1420. The number of pyridine rings is 1. The summed E-state index contributed by atoms with van der Waals surface area (Å²) in [4.78, 5) is 12.6. The Balaban J connectivity index is 1.32. The van der Waals surface area contributed by atoms with Crippen molar-refractivity contribution in [1.29, 1.82) is 0 Å². The maximum Gasteiger partial charge on any atom is 0.240 e. The summed E-state index contributed by atoms with van der Waals surface area (Å²) in [5.74, 6) is 0.554. The Morgan fingerprint density at radius 3 is 2.33 bits per heavy atom. The zero-order chi connectivity index (χ0) is 25.2. The first kappa shape index (κ1) is 24.7. The third kappa shape index (κ3) is 5.40. The largest absolute Gasteiger partial charge is 0.345 e. The van der Waals surface area contributed by atoms with E-state index in [1.807, 2.05) is 43.3 Å². The Hall–Kier alpha value is -2.94. The van der Waals surface area contributed by atoms with Gasteiger partial charge in [-0.25, -0.2) is 18.1 Å². The Morgan fingerprint density at radius 2 is 1.67 bits per heavy atom. The maximum atomic E-state index is 12.6. The van der Waals surface area contributed by atoms with E-state index in [1.54, 1.807) is 42.7 Å². The van der Waals surface area contributed by atoms with Gasteiger partial charge in [-0.05, 0) is 29.6 Å². The summed E-state index contributed by atoms with van der Waals surface area (Å²) >= 11 is 0. The smallest absolute Gasteiger partial charge is 0.240 e. The molecule has 2 N–H and O–H groups in total. The fourth-order valence-electron chi connectivity index (χ4n) is 3.94. The van der Waals surface area contributed by atoms with Crippen molar-refractivity contribution in [3.63, 3.8) is 0 Å². The standard InChI is InChI=1S/C26H27N4O4PS/c1-26(15-28-36(31,32)21-5-3-2-4-6-21)16-33-25(34-17-26)24-29-22(18-7-9-20(35)10-8-18)23(30-24)19-11-13-27-14-12-19/h2-14,25,28H,15-17,35H2,1H3,(H,29,30). The van der Waals surface area contributed by atoms with Crippen LogP contribution in [0.5, 0.6) is 0 Å². The number of hydrogen-bond donors (Lipinski definition) is 2. The third-order valence-corrected chi connectivity index (χ3v) is 7.81. The van der Waals surface area contributed by atoms with Crippen molar-refractivity contribution in [2.75, 3.05) is 19.8 Å². The molecule has 5 rings (SSSR count). The molecule has 0 amide bonds. The molecule has 2 aromatic carbocycles. The number of aromatic amines is 1. The summed E-state index contributed by atoms with van der Waals surface area (Å²) in [7, 11) is -0.934. The zero-order valence-corrected chi connectivity index (χ0v) is 21.7. The predicted octanol–water partition coefficient (Wildman–Crippen LogP) is 3.67. The average molecular weight is 523 g/mol. The summed E-state index contributed by atoms with van der Waals surface area (Å²) in [5.41, 5.74) is 3.02. The van der Waals surface area contributed by atoms with E-state index in [-0.39, 0.29) is 11.4 Å². The number of sulfonamides is 1. The number of ether oxygens (including phenoxy) is 2. The molecule has 10 heteroatoms. The van der Waals surface area contributed by atoms with Crippen LogP contribution in [0, 0.1) is 5.41 Å². The van der Waals surface area contributed by atoms with Crippen molar-refractivity contribution in [3.8, 4) is 22.5 Å². The van der Waals surface area contributed by atoms with Crippen LogP contribution in [0.1, 0.15) is 19.0 Å². The summed E-state index contributed by atoms with van der Waals surface area (Å²) in [6.07, 6.45) is 2.78. The number of nitrogens with one attached hydrogen (secondary N) is 2. The number of aromatic nitrogens is 3. The van der Waals surface area contributed by atoms with Gasteiger partial charge in [0, 0.05) is 35.5 Å². The first-order chi connectivity index (χ1) is 17.3. The van der Waals surface area contributed by atoms with Gasteiger partial charge in [0.1, 0.15) is 0 Å². The highest BCUT2D eigenvalue weighted by Gasteiger charge is 2.36. The molecule has 0 radical (unpaired) electrons. The molecule has 8 nitrogen and oxygen atoms in total. The van der Waals surface area contributed by atoms with Gasteiger partial charge < -0.3 is 14.5 Å². The highest BCUT2D eigenvalue weighted by Crippen LogP contribution is 2.35. The van der Waals surface area contributed by atoms with Crippen molar-refractivity contribution in [3.05, 3.63) is 84.9 Å². The predicted molar refractivity (Wildman–Crippen MR) is 141 cm³/mol. The second-order valence-electron chi connectivity index (χ2n) is 9.11. The van der Waals surface area contributed by atoms with E-state index in [4.69, 9.17) is 14.5 Å². The molecule has 1 unspecified atom stereocenters. The van der Waals surface area contributed by atoms with Crippen molar-refractivity contribution in [1.82, 2.24) is 19.7 Å². The van der Waals surface area contributed by atoms with Gasteiger partial charge in [0.2, 0.25) is 16.3 Å². The first-order valence-corrected chi connectivity index (χ1v) is 13.5. The topological polar surface area (TPSA) is 106 Å². The number of H-pyrrole nitrogens is 1. The van der Waals surface area contributed by atoms with Gasteiger partial charge in [-0.15, -0.1) is 9.24 Å². The summed E-state index contributed by atoms with van der Waals surface area (Å²) in [5, 5.41) is 1.08. The zero-order valence-electron chi connectivity index (χ0n) is 19.7. The fraction of sp³-hybridized carbons (Fsp3) is 0.231. The van der Waals surface area contributed by atoms with Gasteiger partial charge in [-0.2, -0.15) is 0 Å². The lowest BCUT2D eigenvalue weighted by Crippen LogP contribution is -2.45. The number of nitrogens with zero attached hydrogens (tertiary/aromatic N) is 2. The second-order valence-corrected chi connectivity index (χ2v) is 11.5. The van der Waals surface area contributed by atoms with Crippen LogP contribution >= 0.6 is 9.24 Å². The van der Waals surface area contributed by atoms with E-state index in [1.165, 1.54) is 0 Å². The van der Waals surface area contributed by atoms with E-state index in [2.05, 4.69) is 23.9 Å². The summed E-state index contributed by atoms with van der Waals surface area (Å²) < 4.78 is 40.0. The monoisotopic (exact) mass is 522 g/mol. The quantitative estimate of drug-likeness (QED) is 0.359. The minimum Gasteiger partial charge on any atom is -0.345 e. The van der Waals surface area contributed by atoms with E-state index >= 15 is 0 Å². The van der Waals surface area contributed by atoms with Crippen LogP contribution in [-0.2, 0) is 19.5 Å². The Morgan fingerprint density at radius 1 is 1.00 bits per heavy atom. The lowest BCUT2D eigenvalue weighted by atomic mass is 9.92. The van der Waals surface area contributed by atoms with Crippen molar-refractivity contribution < 1.29 is 17.9 Å². The molecule has 36 heavy (non-hydrogen) atoms. The summed E-state index contributed by atoms with van der Waals surface area (Å²) in [6.45, 7) is 2.72. The summed E-state index contributed by atoms with van der Waals surface area (Å²) in [6, 6.07) is 20.2. The van der Waals surface area contributed by atoms with E-state index < -0.39 is 21.7 Å². The lowest BCUT2D eigenvalue weighted by molar-refractivity contribution is -0.231. The van der Waals surface area contributed by atoms with Gasteiger partial charge in [-0.3, -0.25) is 4.98 Å². The fourth-order valence-corrected chi connectivity index (χ4v) is 5.35. The maximum absolute atomic E-state index is 12.6. The van der Waals surface area contributed by atoms with Crippen LogP contribution in [0.25, 0.3) is 22.5 Å². The molecule has 3 heterocycles. The molecule has 0 bridgehead atoms. The normalized spacial score (nSPS) is 20.3. The minimum atomic E-state index is -3.62. The molecule has 0 spiro atoms. The molecular weight excluding hydrogens is 495 g/mol. The number of rotatable bonds is 7. The Labute approximate surface area is 212 Å². The van der Waals surface area contributed by atoms with Crippen LogP contribution in [0.2, 0.25) is 0 Å². The minimum absolute atomic E-state index is 0.185. The molecule has 0 saturated carbocycles. The Kier molecular flexibility index (Phi) is 7.01. The molecule has 1 atom stereocenters. The van der Waals surface area contributed by atoms with Gasteiger partial charge in [-0.1, -0.05) is 49.4 Å². The van der Waals surface area contributed by atoms with Gasteiger partial charge in [0.25, 0.3) is 0 Å². The van der Waals surface area contributed by atoms with Gasteiger partial charge in [0.05, 0.1) is 29.5 Å². The van der Waals surface area contributed by atoms with Gasteiger partial charge >= 0.3 is 0 Å². The number of imidazole rings is 1. The molecule has 186 valence electrons. The number of hydrogen-bond acceptors (Lipinski definition) is 6. The highest BCUT2D eigenvalue weighted by atomic mass is 32.2. The molecule has 1 aliphatic heterocycles. The van der Waals surface area contributed by atoms with Crippen LogP contribution in [0.4, 0.5) is 0 Å². The van der Waals surface area contributed by atoms with E-state index in [0.717, 1.165) is 27.8 Å². The van der Waals surface area contributed by atoms with Crippen LogP contribution in [0.3, 0.4) is 0 Å². The van der Waals surface area contributed by atoms with Crippen molar-refractivity contribution in [2.45, 2.75) is 18.1 Å². The molecule has 1 saturated heterocycles. The van der Waals surface area contributed by atoms with E-state index in [0.29, 0.717) is 19.0 Å². The molecular formula is C26H27N4O4PS. The lowest BCUT2D eigenvalue weighted by Gasteiger charge is -2.36. The van der Waals surface area contributed by atoms with Crippen LogP contribution in [0.15, 0.2) is 84.0 Å². The van der Waals surface area contributed by atoms with Crippen molar-refractivity contribution in [2.24, 2.45) is 5.41 Å². The average Bonchev–Trinajstić information content (AvgIpc) is 3.35. The van der Waals surface area contributed by atoms with Crippen LogP contribution in [-0.4, -0.2) is 43.1 Å². The molecule has 1 fully saturated rings.